The Bertz CT molecular complexity index is 1080. The second-order valence-electron chi connectivity index (χ2n) is 10.3. The Labute approximate surface area is 219 Å². The van der Waals surface area contributed by atoms with E-state index in [2.05, 4.69) is 66.0 Å². The summed E-state index contributed by atoms with van der Waals surface area (Å²) in [5, 5.41) is 4.03. The molecule has 1 fully saturated rings. The van der Waals surface area contributed by atoms with Gasteiger partial charge in [0.25, 0.3) is 5.22 Å². The molecule has 2 heterocycles. The van der Waals surface area contributed by atoms with E-state index in [9.17, 15) is 4.79 Å². The highest BCUT2D eigenvalue weighted by Crippen LogP contribution is 2.32. The van der Waals surface area contributed by atoms with Crippen molar-refractivity contribution in [1.82, 2.24) is 14.8 Å². The maximum Gasteiger partial charge on any atom is 0.256 e. The van der Waals surface area contributed by atoms with Crippen molar-refractivity contribution in [1.29, 1.82) is 0 Å². The topological polar surface area (TPSA) is 61.6 Å². The number of aromatic nitrogens is 1. The Balaban J connectivity index is 1.22. The van der Waals surface area contributed by atoms with Crippen LogP contribution in [-0.2, 0) is 4.79 Å². The Morgan fingerprint density at radius 1 is 0.972 bits per heavy atom. The normalized spacial score (nSPS) is 15.6. The smallest absolute Gasteiger partial charge is 0.256 e. The monoisotopic (exact) mass is 508 g/mol. The summed E-state index contributed by atoms with van der Waals surface area (Å²) in [6.45, 7) is 14.2. The highest BCUT2D eigenvalue weighted by molar-refractivity contribution is 7.99. The summed E-state index contributed by atoms with van der Waals surface area (Å²) in [5.41, 5.74) is 5.22. The SMILES string of the molecule is CC(C)c1cccc(C(C)C)c1NC(=O)CN1CCCN(CCCSc2nc3ccccc3o2)CC1. The number of amides is 1. The molecule has 0 atom stereocenters. The van der Waals surface area contributed by atoms with Gasteiger partial charge in [0.05, 0.1) is 6.54 Å². The first-order valence-electron chi connectivity index (χ1n) is 13.3. The zero-order valence-electron chi connectivity index (χ0n) is 22.1. The number of hydrogen-bond acceptors (Lipinski definition) is 6. The molecule has 4 rings (SSSR count). The lowest BCUT2D eigenvalue weighted by atomic mass is 9.92. The third kappa shape index (κ3) is 7.11. The third-order valence-electron chi connectivity index (χ3n) is 6.80. The van der Waals surface area contributed by atoms with Crippen molar-refractivity contribution < 1.29 is 9.21 Å². The van der Waals surface area contributed by atoms with E-state index in [1.54, 1.807) is 11.8 Å². The lowest BCUT2D eigenvalue weighted by Gasteiger charge is -2.23. The zero-order valence-corrected chi connectivity index (χ0v) is 22.9. The van der Waals surface area contributed by atoms with Gasteiger partial charge >= 0.3 is 0 Å². The molecular weight excluding hydrogens is 468 g/mol. The molecule has 1 aliphatic heterocycles. The van der Waals surface area contributed by atoms with Crippen LogP contribution in [0.2, 0.25) is 0 Å². The Hall–Kier alpha value is -2.35. The van der Waals surface area contributed by atoms with E-state index in [-0.39, 0.29) is 5.91 Å². The van der Waals surface area contributed by atoms with Crippen LogP contribution in [0, 0.1) is 0 Å². The number of rotatable bonds is 10. The zero-order chi connectivity index (χ0) is 25.5. The molecule has 0 aliphatic carbocycles. The number of fused-ring (bicyclic) bond motifs is 1. The molecule has 1 saturated heterocycles. The molecule has 0 saturated carbocycles. The highest BCUT2D eigenvalue weighted by Gasteiger charge is 2.20. The molecule has 1 amide bonds. The fraction of sp³-hybridized carbons (Fsp3) is 0.517. The third-order valence-corrected chi connectivity index (χ3v) is 7.72. The van der Waals surface area contributed by atoms with Crippen molar-refractivity contribution in [3.8, 4) is 0 Å². The van der Waals surface area contributed by atoms with Crippen LogP contribution in [0.25, 0.3) is 11.1 Å². The standard InChI is InChI=1S/C29H40N4O2S/c1-21(2)23-10-7-11-24(22(3)4)28(23)31-27(34)20-33-15-8-14-32(17-18-33)16-9-19-36-29-30-25-12-5-6-13-26(25)35-29/h5-7,10-13,21-22H,8-9,14-20H2,1-4H3,(H,31,34). The maximum absolute atomic E-state index is 13.1. The Kier molecular flexibility index (Phi) is 9.46. The first-order valence-corrected chi connectivity index (χ1v) is 14.2. The summed E-state index contributed by atoms with van der Waals surface area (Å²) in [7, 11) is 0. The van der Waals surface area contributed by atoms with E-state index in [1.807, 2.05) is 24.3 Å². The molecule has 2 aromatic carbocycles. The fourth-order valence-corrected chi connectivity index (χ4v) is 5.60. The molecule has 6 nitrogen and oxygen atoms in total. The van der Waals surface area contributed by atoms with Crippen LogP contribution in [0.15, 0.2) is 52.1 Å². The van der Waals surface area contributed by atoms with Crippen LogP contribution >= 0.6 is 11.8 Å². The fourth-order valence-electron chi connectivity index (χ4n) is 4.84. The lowest BCUT2D eigenvalue weighted by molar-refractivity contribution is -0.117. The minimum atomic E-state index is 0.0909. The largest absolute Gasteiger partial charge is 0.431 e. The van der Waals surface area contributed by atoms with Gasteiger partial charge in [-0.2, -0.15) is 0 Å². The second-order valence-corrected chi connectivity index (χ2v) is 11.3. The number of nitrogens with zero attached hydrogens (tertiary/aromatic N) is 3. The number of benzene rings is 2. The molecule has 0 unspecified atom stereocenters. The predicted octanol–water partition coefficient (Wildman–Crippen LogP) is 6.20. The first-order chi connectivity index (χ1) is 17.4. The summed E-state index contributed by atoms with van der Waals surface area (Å²) in [6, 6.07) is 14.3. The van der Waals surface area contributed by atoms with Crippen LogP contribution in [0.5, 0.6) is 0 Å². The minimum Gasteiger partial charge on any atom is -0.431 e. The van der Waals surface area contributed by atoms with Gasteiger partial charge in [-0.15, -0.1) is 0 Å². The van der Waals surface area contributed by atoms with Crippen molar-refractivity contribution in [2.24, 2.45) is 0 Å². The van der Waals surface area contributed by atoms with Crippen molar-refractivity contribution in [2.45, 2.75) is 57.6 Å². The molecule has 7 heteroatoms. The predicted molar refractivity (Wildman–Crippen MR) is 150 cm³/mol. The van der Waals surface area contributed by atoms with Gasteiger partial charge in [0.2, 0.25) is 5.91 Å². The number of para-hydroxylation sites is 3. The number of thioether (sulfide) groups is 1. The van der Waals surface area contributed by atoms with Gasteiger partial charge in [-0.3, -0.25) is 9.69 Å². The van der Waals surface area contributed by atoms with E-state index in [0.717, 1.165) is 73.3 Å². The maximum atomic E-state index is 13.1. The van der Waals surface area contributed by atoms with Crippen molar-refractivity contribution in [2.75, 3.05) is 50.3 Å². The van der Waals surface area contributed by atoms with Crippen molar-refractivity contribution >= 4 is 34.5 Å². The molecule has 194 valence electrons. The average molecular weight is 509 g/mol. The molecule has 0 bridgehead atoms. The van der Waals surface area contributed by atoms with Crippen LogP contribution in [-0.4, -0.2) is 65.7 Å². The van der Waals surface area contributed by atoms with E-state index >= 15 is 0 Å². The number of nitrogens with one attached hydrogen (secondary N) is 1. The highest BCUT2D eigenvalue weighted by atomic mass is 32.2. The van der Waals surface area contributed by atoms with Crippen molar-refractivity contribution in [3.05, 3.63) is 53.6 Å². The van der Waals surface area contributed by atoms with Crippen LogP contribution < -0.4 is 5.32 Å². The van der Waals surface area contributed by atoms with E-state index in [0.29, 0.717) is 18.4 Å². The minimum absolute atomic E-state index is 0.0909. The number of hydrogen-bond donors (Lipinski definition) is 1. The van der Waals surface area contributed by atoms with Gasteiger partial charge in [-0.25, -0.2) is 4.98 Å². The molecule has 36 heavy (non-hydrogen) atoms. The van der Waals surface area contributed by atoms with Crippen LogP contribution in [0.1, 0.15) is 63.5 Å². The molecule has 1 N–H and O–H groups in total. The Morgan fingerprint density at radius 3 is 2.39 bits per heavy atom. The van der Waals surface area contributed by atoms with Gasteiger partial charge in [-0.1, -0.05) is 69.8 Å². The van der Waals surface area contributed by atoms with E-state index < -0.39 is 0 Å². The van der Waals surface area contributed by atoms with Gasteiger partial charge in [0.15, 0.2) is 5.58 Å². The summed E-state index contributed by atoms with van der Waals surface area (Å²) in [5.74, 6) is 1.81. The summed E-state index contributed by atoms with van der Waals surface area (Å²) in [6.07, 6.45) is 2.18. The lowest BCUT2D eigenvalue weighted by Crippen LogP contribution is -2.37. The van der Waals surface area contributed by atoms with Crippen LogP contribution in [0.4, 0.5) is 5.69 Å². The van der Waals surface area contributed by atoms with E-state index in [4.69, 9.17) is 4.42 Å². The van der Waals surface area contributed by atoms with Gasteiger partial charge < -0.3 is 14.6 Å². The number of carbonyl (C=O) groups is 1. The molecule has 1 aromatic heterocycles. The number of carbonyl (C=O) groups excluding carboxylic acids is 1. The van der Waals surface area contributed by atoms with Crippen molar-refractivity contribution in [3.63, 3.8) is 0 Å². The summed E-state index contributed by atoms with van der Waals surface area (Å²) >= 11 is 1.69. The second kappa shape index (κ2) is 12.7. The molecule has 3 aromatic rings. The summed E-state index contributed by atoms with van der Waals surface area (Å²) in [4.78, 5) is 22.4. The van der Waals surface area contributed by atoms with Gasteiger partial charge in [0, 0.05) is 24.5 Å². The Morgan fingerprint density at radius 2 is 1.67 bits per heavy atom. The summed E-state index contributed by atoms with van der Waals surface area (Å²) < 4.78 is 5.81. The number of oxazole rings is 1. The van der Waals surface area contributed by atoms with Crippen LogP contribution in [0.3, 0.4) is 0 Å². The number of anilines is 1. The van der Waals surface area contributed by atoms with E-state index in [1.165, 1.54) is 11.1 Å². The average Bonchev–Trinajstić information content (AvgIpc) is 3.14. The first kappa shape index (κ1) is 26.7. The molecule has 0 radical (unpaired) electrons. The van der Waals surface area contributed by atoms with Gasteiger partial charge in [-0.05, 0) is 67.6 Å². The molecule has 1 aliphatic rings. The molecular formula is C29H40N4O2S. The van der Waals surface area contributed by atoms with Gasteiger partial charge in [0.1, 0.15) is 5.52 Å². The quantitative estimate of drug-likeness (QED) is 0.260. The molecule has 0 spiro atoms.